The Morgan fingerprint density at radius 2 is 1.62 bits per heavy atom. The van der Waals surface area contributed by atoms with E-state index in [1.54, 1.807) is 27.8 Å². The molecule has 2 fully saturated rings. The highest BCUT2D eigenvalue weighted by Gasteiger charge is 2.37. The van der Waals surface area contributed by atoms with E-state index in [1.807, 2.05) is 18.7 Å². The van der Waals surface area contributed by atoms with Crippen LogP contribution in [0, 0.1) is 11.8 Å². The van der Waals surface area contributed by atoms with Gasteiger partial charge in [-0.05, 0) is 52.4 Å². The molecule has 2 rings (SSSR count). The number of nitrogens with zero attached hydrogens (tertiary/aromatic N) is 2. The van der Waals surface area contributed by atoms with Gasteiger partial charge in [0, 0.05) is 44.9 Å². The summed E-state index contributed by atoms with van der Waals surface area (Å²) >= 11 is 0. The molecule has 8 nitrogen and oxygen atoms in total. The number of likely N-dealkylation sites (N-methyl/N-ethyl adjacent to an activating group) is 1. The molecule has 32 heavy (non-hydrogen) atoms. The molecule has 0 aromatic rings. The van der Waals surface area contributed by atoms with Crippen molar-refractivity contribution in [3.05, 3.63) is 0 Å². The van der Waals surface area contributed by atoms with E-state index in [0.29, 0.717) is 25.9 Å². The Hall–Kier alpha value is -1.83. The fourth-order valence-corrected chi connectivity index (χ4v) is 4.50. The van der Waals surface area contributed by atoms with Gasteiger partial charge in [0.25, 0.3) is 0 Å². The van der Waals surface area contributed by atoms with Crippen LogP contribution in [0.15, 0.2) is 0 Å². The minimum absolute atomic E-state index is 0.0700. The molecule has 2 aliphatic rings. The van der Waals surface area contributed by atoms with Gasteiger partial charge in [0.05, 0.1) is 0 Å². The maximum absolute atomic E-state index is 13.1. The number of rotatable bonds is 6. The summed E-state index contributed by atoms with van der Waals surface area (Å²) in [5.41, 5.74) is 5.32. The first-order chi connectivity index (χ1) is 14.9. The van der Waals surface area contributed by atoms with E-state index in [9.17, 15) is 14.4 Å². The van der Waals surface area contributed by atoms with E-state index >= 15 is 0 Å². The molecular formula is C24H43N3O5. The summed E-state index contributed by atoms with van der Waals surface area (Å²) in [7, 11) is 1.59. The highest BCUT2D eigenvalue weighted by Crippen LogP contribution is 2.27. The van der Waals surface area contributed by atoms with Crippen molar-refractivity contribution in [2.24, 2.45) is 17.6 Å². The van der Waals surface area contributed by atoms with Gasteiger partial charge in [0.15, 0.2) is 0 Å². The van der Waals surface area contributed by atoms with Crippen molar-refractivity contribution in [3.8, 4) is 0 Å². The number of likely N-dealkylation sites (tertiary alicyclic amines) is 1. The second-order valence-electron chi connectivity index (χ2n) is 10.5. The third-order valence-corrected chi connectivity index (χ3v) is 6.68. The predicted molar refractivity (Wildman–Crippen MR) is 123 cm³/mol. The van der Waals surface area contributed by atoms with Crippen LogP contribution in [0.3, 0.4) is 0 Å². The highest BCUT2D eigenvalue weighted by molar-refractivity contribution is 5.82. The molecule has 1 saturated carbocycles. The van der Waals surface area contributed by atoms with Crippen LogP contribution in [0.4, 0.5) is 4.79 Å². The molecule has 1 saturated heterocycles. The maximum atomic E-state index is 13.1. The van der Waals surface area contributed by atoms with Crippen LogP contribution in [0.25, 0.3) is 0 Å². The minimum Gasteiger partial charge on any atom is -0.461 e. The zero-order valence-electron chi connectivity index (χ0n) is 20.8. The third-order valence-electron chi connectivity index (χ3n) is 6.68. The average Bonchev–Trinajstić information content (AvgIpc) is 2.73. The standard InChI is InChI=1S/C24H43N3O5/c1-7-16(2)20(26(6)23(30)32-24(3,4)5)22(29)31-19-12-14-27(15-13-19)21(28)17-8-10-18(25)11-9-17/h16-20H,7-15,25H2,1-6H3/t16-,17-,18-,20-/m1/s1. The molecule has 1 aliphatic heterocycles. The molecule has 2 atom stereocenters. The molecule has 0 radical (unpaired) electrons. The van der Waals surface area contributed by atoms with Crippen molar-refractivity contribution in [3.63, 3.8) is 0 Å². The molecule has 0 bridgehead atoms. The van der Waals surface area contributed by atoms with Crippen LogP contribution >= 0.6 is 0 Å². The van der Waals surface area contributed by atoms with E-state index in [4.69, 9.17) is 15.2 Å². The van der Waals surface area contributed by atoms with Gasteiger partial charge < -0.3 is 20.1 Å². The largest absolute Gasteiger partial charge is 0.461 e. The number of esters is 1. The summed E-state index contributed by atoms with van der Waals surface area (Å²) in [5.74, 6) is -0.187. The number of ether oxygens (including phenoxy) is 2. The Morgan fingerprint density at radius 3 is 2.12 bits per heavy atom. The van der Waals surface area contributed by atoms with Crippen molar-refractivity contribution in [2.45, 2.75) is 103 Å². The van der Waals surface area contributed by atoms with Gasteiger partial charge in [-0.2, -0.15) is 0 Å². The van der Waals surface area contributed by atoms with E-state index in [1.165, 1.54) is 4.90 Å². The number of piperidine rings is 1. The van der Waals surface area contributed by atoms with Crippen molar-refractivity contribution in [1.29, 1.82) is 0 Å². The molecule has 2 N–H and O–H groups in total. The summed E-state index contributed by atoms with van der Waals surface area (Å²) in [5, 5.41) is 0. The smallest absolute Gasteiger partial charge is 0.410 e. The van der Waals surface area contributed by atoms with Crippen LogP contribution in [-0.4, -0.2) is 71.7 Å². The predicted octanol–water partition coefficient (Wildman–Crippen LogP) is 3.32. The van der Waals surface area contributed by atoms with E-state index in [-0.39, 0.29) is 29.9 Å². The van der Waals surface area contributed by atoms with Crippen LogP contribution < -0.4 is 5.73 Å². The fourth-order valence-electron chi connectivity index (χ4n) is 4.50. The van der Waals surface area contributed by atoms with Crippen LogP contribution in [0.5, 0.6) is 0 Å². The average molecular weight is 454 g/mol. The Kier molecular flexibility index (Phi) is 9.37. The SMILES string of the molecule is CC[C@@H](C)[C@H](C(=O)OC1CCN(C(=O)[C@H]2CC[C@H](N)CC2)CC1)N(C)C(=O)OC(C)(C)C. The minimum atomic E-state index is -0.707. The zero-order chi connectivity index (χ0) is 24.1. The molecule has 2 amide bonds. The number of carbonyl (C=O) groups excluding carboxylic acids is 3. The van der Waals surface area contributed by atoms with Gasteiger partial charge in [-0.3, -0.25) is 9.69 Å². The first kappa shape index (κ1) is 26.4. The summed E-state index contributed by atoms with van der Waals surface area (Å²) in [6.07, 6.45) is 4.73. The molecule has 0 spiro atoms. The summed E-state index contributed by atoms with van der Waals surface area (Å²) in [6, 6.07) is -0.484. The monoisotopic (exact) mass is 453 g/mol. The second-order valence-corrected chi connectivity index (χ2v) is 10.5. The van der Waals surface area contributed by atoms with Crippen molar-refractivity contribution in [2.75, 3.05) is 20.1 Å². The Bertz CT molecular complexity index is 647. The Labute approximate surface area is 193 Å². The van der Waals surface area contributed by atoms with Crippen molar-refractivity contribution < 1.29 is 23.9 Å². The van der Waals surface area contributed by atoms with Gasteiger partial charge in [0.2, 0.25) is 5.91 Å². The number of amides is 2. The molecule has 1 heterocycles. The fraction of sp³-hybridized carbons (Fsp3) is 0.875. The zero-order valence-corrected chi connectivity index (χ0v) is 20.8. The molecule has 1 aliphatic carbocycles. The normalized spacial score (nSPS) is 24.4. The molecule has 8 heteroatoms. The van der Waals surface area contributed by atoms with Gasteiger partial charge in [-0.1, -0.05) is 20.3 Å². The van der Waals surface area contributed by atoms with E-state index in [2.05, 4.69) is 0 Å². The van der Waals surface area contributed by atoms with E-state index < -0.39 is 23.7 Å². The Balaban J connectivity index is 1.91. The summed E-state index contributed by atoms with van der Waals surface area (Å²) in [6.45, 7) is 10.5. The lowest BCUT2D eigenvalue weighted by Gasteiger charge is -2.37. The first-order valence-electron chi connectivity index (χ1n) is 12.1. The van der Waals surface area contributed by atoms with E-state index in [0.717, 1.165) is 32.1 Å². The molecule has 0 aromatic carbocycles. The van der Waals surface area contributed by atoms with Crippen LogP contribution in [-0.2, 0) is 19.1 Å². The number of hydrogen-bond acceptors (Lipinski definition) is 6. The topological polar surface area (TPSA) is 102 Å². The highest BCUT2D eigenvalue weighted by atomic mass is 16.6. The van der Waals surface area contributed by atoms with Gasteiger partial charge in [0.1, 0.15) is 17.7 Å². The number of nitrogens with two attached hydrogens (primary N) is 1. The van der Waals surface area contributed by atoms with Crippen molar-refractivity contribution >= 4 is 18.0 Å². The summed E-state index contributed by atoms with van der Waals surface area (Å²) < 4.78 is 11.3. The molecular weight excluding hydrogens is 410 g/mol. The lowest BCUT2D eigenvalue weighted by atomic mass is 9.85. The first-order valence-corrected chi connectivity index (χ1v) is 12.1. The lowest BCUT2D eigenvalue weighted by molar-refractivity contribution is -0.160. The van der Waals surface area contributed by atoms with Crippen LogP contribution in [0.2, 0.25) is 0 Å². The molecule has 184 valence electrons. The van der Waals surface area contributed by atoms with Crippen molar-refractivity contribution in [1.82, 2.24) is 9.80 Å². The van der Waals surface area contributed by atoms with Gasteiger partial charge in [-0.25, -0.2) is 9.59 Å². The second kappa shape index (κ2) is 11.3. The third kappa shape index (κ3) is 7.36. The number of carbonyl (C=O) groups is 3. The summed E-state index contributed by atoms with van der Waals surface area (Å²) in [4.78, 5) is 41.7. The Morgan fingerprint density at radius 1 is 1.06 bits per heavy atom. The molecule has 0 aromatic heterocycles. The van der Waals surface area contributed by atoms with Gasteiger partial charge >= 0.3 is 12.1 Å². The quantitative estimate of drug-likeness (QED) is 0.619. The maximum Gasteiger partial charge on any atom is 0.410 e. The number of hydrogen-bond donors (Lipinski definition) is 1. The molecule has 0 unspecified atom stereocenters. The van der Waals surface area contributed by atoms with Crippen LogP contribution in [0.1, 0.15) is 79.6 Å². The lowest BCUT2D eigenvalue weighted by Crippen LogP contribution is -2.50. The van der Waals surface area contributed by atoms with Gasteiger partial charge in [-0.15, -0.1) is 0 Å².